The lowest BCUT2D eigenvalue weighted by atomic mass is 9.79. The molecule has 8 aromatic rings. The molecule has 0 saturated heterocycles. The lowest BCUT2D eigenvalue weighted by molar-refractivity contribution is 0.444. The molecule has 0 unspecified atom stereocenters. The van der Waals surface area contributed by atoms with E-state index in [0.717, 1.165) is 60.7 Å². The van der Waals surface area contributed by atoms with Gasteiger partial charge in [0.2, 0.25) is 0 Å². The lowest BCUT2D eigenvalue weighted by Crippen LogP contribution is -2.22. The van der Waals surface area contributed by atoms with Crippen molar-refractivity contribution in [3.63, 3.8) is 0 Å². The van der Waals surface area contributed by atoms with E-state index >= 15 is 9.59 Å². The minimum Gasteiger partial charge on any atom is -0.307 e. The maximum absolute atomic E-state index is 15.4. The van der Waals surface area contributed by atoms with Gasteiger partial charge in [-0.3, -0.25) is 9.59 Å². The summed E-state index contributed by atoms with van der Waals surface area (Å²) in [5.74, 6) is 0.474. The zero-order chi connectivity index (χ0) is 36.0. The van der Waals surface area contributed by atoms with Crippen molar-refractivity contribution in [1.82, 2.24) is 4.40 Å². The van der Waals surface area contributed by atoms with Gasteiger partial charge in [0.1, 0.15) is 0 Å². The molecule has 258 valence electrons. The van der Waals surface area contributed by atoms with Crippen LogP contribution in [0.1, 0.15) is 93.5 Å². The zero-order valence-corrected chi connectivity index (χ0v) is 30.8. The molecule has 2 aromatic heterocycles. The van der Waals surface area contributed by atoms with Crippen LogP contribution < -0.4 is 10.9 Å². The van der Waals surface area contributed by atoms with Crippen LogP contribution in [0.15, 0.2) is 119 Å². The Morgan fingerprint density at radius 3 is 1.53 bits per heavy atom. The summed E-state index contributed by atoms with van der Waals surface area (Å²) in [4.78, 5) is 30.9. The fraction of sp³-hybridized carbons (Fsp3) is 0.240. The molecular formula is C50H41NO2. The van der Waals surface area contributed by atoms with Crippen LogP contribution in [0.5, 0.6) is 0 Å². The Bertz CT molecular complexity index is 2860. The minimum atomic E-state index is -0.380. The fourth-order valence-electron chi connectivity index (χ4n) is 11.1. The van der Waals surface area contributed by atoms with Gasteiger partial charge < -0.3 is 4.40 Å². The van der Waals surface area contributed by atoms with Gasteiger partial charge in [-0.15, -0.1) is 0 Å². The van der Waals surface area contributed by atoms with Gasteiger partial charge in [0, 0.05) is 21.6 Å². The number of aromatic nitrogens is 1. The van der Waals surface area contributed by atoms with Crippen molar-refractivity contribution in [3.05, 3.63) is 157 Å². The Morgan fingerprint density at radius 2 is 1.00 bits per heavy atom. The Labute approximate surface area is 308 Å². The molecule has 0 spiro atoms. The molecule has 3 nitrogen and oxygen atoms in total. The standard InChI is InChI=1S/C50H41NO2/c1-49(2)38-20-12-10-18-32(38)34-22-24-40-42(44(34)49)47(52)36-26-29(31-17-9-8-16-30(31)28-14-6-5-7-15-28)27-37-46(36)51(40)41-25-23-35-33-19-11-13-21-39(33)50(3,4)45(35)43(41)48(37)53/h8-13,16-28H,5-7,14-15H2,1-4H3. The second-order valence-corrected chi connectivity index (χ2v) is 16.9. The third kappa shape index (κ3) is 3.90. The van der Waals surface area contributed by atoms with E-state index < -0.39 is 0 Å². The molecule has 3 aliphatic rings. The van der Waals surface area contributed by atoms with E-state index in [1.165, 1.54) is 59.9 Å². The SMILES string of the molecule is CC1(C)c2ccccc2-c2ccc3c(c21)c(=O)c1cc(-c2ccccc2C2CCCCC2)cc2c(=O)c4c5c(ccc4n3c12)-c1ccccc1C5(C)C. The van der Waals surface area contributed by atoms with Gasteiger partial charge in [0.25, 0.3) is 0 Å². The topological polar surface area (TPSA) is 38.5 Å². The molecular weight excluding hydrogens is 647 g/mol. The van der Waals surface area contributed by atoms with E-state index in [0.29, 0.717) is 16.7 Å². The van der Waals surface area contributed by atoms with Crippen LogP contribution in [0, 0.1) is 0 Å². The van der Waals surface area contributed by atoms with Crippen molar-refractivity contribution in [2.45, 2.75) is 76.5 Å². The highest BCUT2D eigenvalue weighted by Gasteiger charge is 2.40. The van der Waals surface area contributed by atoms with Crippen molar-refractivity contribution in [2.24, 2.45) is 0 Å². The Morgan fingerprint density at radius 1 is 0.528 bits per heavy atom. The van der Waals surface area contributed by atoms with E-state index in [9.17, 15) is 0 Å². The van der Waals surface area contributed by atoms with Crippen LogP contribution in [0.4, 0.5) is 0 Å². The van der Waals surface area contributed by atoms with Gasteiger partial charge >= 0.3 is 0 Å². The molecule has 0 aliphatic heterocycles. The number of benzene rings is 6. The largest absolute Gasteiger partial charge is 0.307 e. The first kappa shape index (κ1) is 31.0. The molecule has 1 fully saturated rings. The van der Waals surface area contributed by atoms with Crippen molar-refractivity contribution in [2.75, 3.05) is 0 Å². The molecule has 0 amide bonds. The van der Waals surface area contributed by atoms with Gasteiger partial charge in [-0.2, -0.15) is 0 Å². The smallest absolute Gasteiger partial charge is 0.197 e. The van der Waals surface area contributed by atoms with Crippen LogP contribution in [-0.2, 0) is 10.8 Å². The van der Waals surface area contributed by atoms with Gasteiger partial charge in [0.05, 0.1) is 27.3 Å². The number of nitrogens with zero attached hydrogens (tertiary/aromatic N) is 1. The number of pyridine rings is 2. The maximum Gasteiger partial charge on any atom is 0.197 e. The summed E-state index contributed by atoms with van der Waals surface area (Å²) in [6, 6.07) is 38.8. The second kappa shape index (κ2) is 10.5. The summed E-state index contributed by atoms with van der Waals surface area (Å²) in [7, 11) is 0. The quantitative estimate of drug-likeness (QED) is 0.134. The zero-order valence-electron chi connectivity index (χ0n) is 30.8. The molecule has 1 saturated carbocycles. The van der Waals surface area contributed by atoms with Gasteiger partial charge in [0.15, 0.2) is 10.9 Å². The van der Waals surface area contributed by atoms with Crippen LogP contribution >= 0.6 is 0 Å². The van der Waals surface area contributed by atoms with E-state index in [4.69, 9.17) is 0 Å². The van der Waals surface area contributed by atoms with Gasteiger partial charge in [-0.05, 0) is 104 Å². The first-order chi connectivity index (χ1) is 25.7. The van der Waals surface area contributed by atoms with E-state index in [1.807, 2.05) is 0 Å². The molecule has 11 rings (SSSR count). The first-order valence-electron chi connectivity index (χ1n) is 19.4. The third-order valence-corrected chi connectivity index (χ3v) is 13.5. The predicted molar refractivity (Wildman–Crippen MR) is 220 cm³/mol. The molecule has 3 aliphatic carbocycles. The predicted octanol–water partition coefficient (Wildman–Crippen LogP) is 11.9. The Balaban J connectivity index is 1.35. The number of fused-ring (bicyclic) bond motifs is 12. The van der Waals surface area contributed by atoms with Crippen LogP contribution in [-0.4, -0.2) is 4.40 Å². The maximum atomic E-state index is 15.4. The Kier molecular flexibility index (Phi) is 6.17. The molecule has 53 heavy (non-hydrogen) atoms. The highest BCUT2D eigenvalue weighted by atomic mass is 16.1. The summed E-state index contributed by atoms with van der Waals surface area (Å²) in [5, 5.41) is 2.74. The van der Waals surface area contributed by atoms with Gasteiger partial charge in [-0.25, -0.2) is 0 Å². The molecule has 2 heterocycles. The molecule has 0 atom stereocenters. The monoisotopic (exact) mass is 687 g/mol. The normalized spacial score (nSPS) is 17.1. The summed E-state index contributed by atoms with van der Waals surface area (Å²) < 4.78 is 2.27. The van der Waals surface area contributed by atoms with Crippen molar-refractivity contribution < 1.29 is 0 Å². The molecule has 6 aromatic carbocycles. The summed E-state index contributed by atoms with van der Waals surface area (Å²) >= 11 is 0. The Hall–Kier alpha value is -5.54. The summed E-state index contributed by atoms with van der Waals surface area (Å²) in [5.41, 5.74) is 14.4. The first-order valence-corrected chi connectivity index (χ1v) is 19.4. The summed E-state index contributed by atoms with van der Waals surface area (Å²) in [6.07, 6.45) is 6.10. The number of hydrogen-bond donors (Lipinski definition) is 0. The molecule has 3 heteroatoms. The number of hydrogen-bond acceptors (Lipinski definition) is 2. The highest BCUT2D eigenvalue weighted by molar-refractivity contribution is 6.13. The molecule has 0 bridgehead atoms. The van der Waals surface area contributed by atoms with E-state index in [2.05, 4.69) is 141 Å². The fourth-order valence-corrected chi connectivity index (χ4v) is 11.1. The second-order valence-electron chi connectivity index (χ2n) is 16.9. The summed E-state index contributed by atoms with van der Waals surface area (Å²) in [6.45, 7) is 9.01. The minimum absolute atomic E-state index is 0.00683. The third-order valence-electron chi connectivity index (χ3n) is 13.5. The van der Waals surface area contributed by atoms with Crippen LogP contribution in [0.25, 0.3) is 71.5 Å². The van der Waals surface area contributed by atoms with E-state index in [-0.39, 0.29) is 21.7 Å². The number of rotatable bonds is 2. The van der Waals surface area contributed by atoms with Crippen molar-refractivity contribution in [1.29, 1.82) is 0 Å². The van der Waals surface area contributed by atoms with Crippen molar-refractivity contribution in [3.8, 4) is 33.4 Å². The van der Waals surface area contributed by atoms with Crippen molar-refractivity contribution >= 4 is 38.1 Å². The average Bonchev–Trinajstić information content (AvgIpc) is 3.57. The van der Waals surface area contributed by atoms with Crippen LogP contribution in [0.3, 0.4) is 0 Å². The lowest BCUT2D eigenvalue weighted by Gasteiger charge is -2.26. The molecule has 0 radical (unpaired) electrons. The van der Waals surface area contributed by atoms with E-state index in [1.54, 1.807) is 0 Å². The molecule has 0 N–H and O–H groups in total. The highest BCUT2D eigenvalue weighted by Crippen LogP contribution is 2.53. The average molecular weight is 688 g/mol. The van der Waals surface area contributed by atoms with Gasteiger partial charge in [-0.1, -0.05) is 132 Å². The van der Waals surface area contributed by atoms with Crippen LogP contribution in [0.2, 0.25) is 0 Å².